The Morgan fingerprint density at radius 1 is 1.32 bits per heavy atom. The number of benzene rings is 1. The van der Waals surface area contributed by atoms with E-state index in [9.17, 15) is 8.78 Å². The molecule has 1 aromatic carbocycles. The molecule has 104 valence electrons. The molecule has 2 saturated heterocycles. The minimum Gasteiger partial charge on any atom is -0.311 e. The number of fused-ring (bicyclic) bond motifs is 1. The number of rotatable bonds is 2. The number of alkyl halides is 2. The highest BCUT2D eigenvalue weighted by Gasteiger charge is 2.46. The second-order valence-electron chi connectivity index (χ2n) is 5.58. The molecule has 2 aliphatic rings. The Kier molecular flexibility index (Phi) is 3.50. The standard InChI is InChI=1S/C14H17ClF2N2/c15-11-3-1-10(2-4-11)5-12-8-19-9-14(16,17)6-13(19)7-18-12/h1-4,12-13,18H,5-9H2/t12-,13-/m0/s1. The fourth-order valence-corrected chi connectivity index (χ4v) is 3.20. The predicted molar refractivity (Wildman–Crippen MR) is 71.9 cm³/mol. The normalized spacial score (nSPS) is 30.3. The summed E-state index contributed by atoms with van der Waals surface area (Å²) in [5, 5.41) is 4.11. The highest BCUT2D eigenvalue weighted by atomic mass is 35.5. The van der Waals surface area contributed by atoms with E-state index in [-0.39, 0.29) is 25.0 Å². The zero-order chi connectivity index (χ0) is 13.5. The van der Waals surface area contributed by atoms with Crippen LogP contribution in [-0.2, 0) is 6.42 Å². The molecule has 0 aromatic heterocycles. The molecule has 1 N–H and O–H groups in total. The first-order valence-electron chi connectivity index (χ1n) is 6.61. The van der Waals surface area contributed by atoms with Crippen LogP contribution in [0.2, 0.25) is 5.02 Å². The fourth-order valence-electron chi connectivity index (χ4n) is 3.07. The van der Waals surface area contributed by atoms with E-state index in [0.717, 1.165) is 11.4 Å². The van der Waals surface area contributed by atoms with Gasteiger partial charge in [-0.15, -0.1) is 0 Å². The van der Waals surface area contributed by atoms with Crippen molar-refractivity contribution in [3.63, 3.8) is 0 Å². The highest BCUT2D eigenvalue weighted by molar-refractivity contribution is 6.30. The number of hydrogen-bond acceptors (Lipinski definition) is 2. The lowest BCUT2D eigenvalue weighted by Gasteiger charge is -2.35. The first kappa shape index (κ1) is 13.3. The van der Waals surface area contributed by atoms with Gasteiger partial charge >= 0.3 is 0 Å². The Bertz CT molecular complexity index is 449. The van der Waals surface area contributed by atoms with Crippen molar-refractivity contribution in [2.24, 2.45) is 0 Å². The topological polar surface area (TPSA) is 15.3 Å². The summed E-state index contributed by atoms with van der Waals surface area (Å²) in [6.45, 7) is 1.27. The van der Waals surface area contributed by atoms with Crippen LogP contribution in [0.4, 0.5) is 8.78 Å². The van der Waals surface area contributed by atoms with Gasteiger partial charge < -0.3 is 5.32 Å². The minimum atomic E-state index is -2.51. The molecule has 19 heavy (non-hydrogen) atoms. The van der Waals surface area contributed by atoms with E-state index in [1.165, 1.54) is 5.56 Å². The van der Waals surface area contributed by atoms with Crippen molar-refractivity contribution in [2.45, 2.75) is 30.8 Å². The first-order chi connectivity index (χ1) is 9.02. The van der Waals surface area contributed by atoms with Crippen molar-refractivity contribution in [3.05, 3.63) is 34.9 Å². The Balaban J connectivity index is 1.61. The van der Waals surface area contributed by atoms with E-state index in [1.54, 1.807) is 0 Å². The molecule has 0 radical (unpaired) electrons. The molecule has 5 heteroatoms. The minimum absolute atomic E-state index is 0.00327. The van der Waals surface area contributed by atoms with Gasteiger partial charge in [-0.25, -0.2) is 8.78 Å². The van der Waals surface area contributed by atoms with E-state index in [4.69, 9.17) is 11.6 Å². The predicted octanol–water partition coefficient (Wildman–Crippen LogP) is 2.56. The third kappa shape index (κ3) is 3.07. The van der Waals surface area contributed by atoms with E-state index < -0.39 is 5.92 Å². The number of hydrogen-bond donors (Lipinski definition) is 1. The van der Waals surface area contributed by atoms with Crippen LogP contribution in [0.25, 0.3) is 0 Å². The molecule has 0 saturated carbocycles. The number of piperazine rings is 1. The molecule has 1 aromatic rings. The molecular weight excluding hydrogens is 270 g/mol. The van der Waals surface area contributed by atoms with Crippen LogP contribution in [0.3, 0.4) is 0 Å². The monoisotopic (exact) mass is 286 g/mol. The van der Waals surface area contributed by atoms with Crippen LogP contribution < -0.4 is 5.32 Å². The number of nitrogens with zero attached hydrogens (tertiary/aromatic N) is 1. The summed E-state index contributed by atoms with van der Waals surface area (Å²) in [6, 6.07) is 7.96. The zero-order valence-electron chi connectivity index (χ0n) is 10.6. The van der Waals surface area contributed by atoms with Gasteiger partial charge in [-0.05, 0) is 24.1 Å². The van der Waals surface area contributed by atoms with Gasteiger partial charge in [0.25, 0.3) is 5.92 Å². The average molecular weight is 287 g/mol. The van der Waals surface area contributed by atoms with Crippen LogP contribution in [0.5, 0.6) is 0 Å². The fraction of sp³-hybridized carbons (Fsp3) is 0.571. The second kappa shape index (κ2) is 5.00. The van der Waals surface area contributed by atoms with Crippen molar-refractivity contribution in [3.8, 4) is 0 Å². The molecular formula is C14H17ClF2N2. The SMILES string of the molecule is FC1(F)C[C@H]2CN[C@@H](Cc3ccc(Cl)cc3)CN2C1. The molecule has 2 nitrogen and oxygen atoms in total. The van der Waals surface area contributed by atoms with E-state index >= 15 is 0 Å². The lowest BCUT2D eigenvalue weighted by molar-refractivity contribution is 0.0117. The molecule has 2 aliphatic heterocycles. The summed E-state index contributed by atoms with van der Waals surface area (Å²) in [6.07, 6.45) is 0.847. The summed E-state index contributed by atoms with van der Waals surface area (Å²) in [7, 11) is 0. The Labute approximate surface area is 116 Å². The lowest BCUT2D eigenvalue weighted by Crippen LogP contribution is -2.54. The van der Waals surface area contributed by atoms with Gasteiger partial charge in [0, 0.05) is 36.6 Å². The number of halogens is 3. The van der Waals surface area contributed by atoms with E-state index in [1.807, 2.05) is 29.2 Å². The molecule has 0 aliphatic carbocycles. The molecule has 3 rings (SSSR count). The van der Waals surface area contributed by atoms with E-state index in [2.05, 4.69) is 5.32 Å². The Morgan fingerprint density at radius 3 is 2.79 bits per heavy atom. The van der Waals surface area contributed by atoms with Crippen molar-refractivity contribution >= 4 is 11.6 Å². The van der Waals surface area contributed by atoms with Crippen LogP contribution in [0.1, 0.15) is 12.0 Å². The maximum Gasteiger partial charge on any atom is 0.262 e. The van der Waals surface area contributed by atoms with Crippen molar-refractivity contribution < 1.29 is 8.78 Å². The first-order valence-corrected chi connectivity index (χ1v) is 6.99. The largest absolute Gasteiger partial charge is 0.311 e. The molecule has 0 spiro atoms. The third-order valence-corrected chi connectivity index (χ3v) is 4.23. The molecule has 0 bridgehead atoms. The van der Waals surface area contributed by atoms with Crippen LogP contribution >= 0.6 is 11.6 Å². The van der Waals surface area contributed by atoms with Gasteiger partial charge in [0.05, 0.1) is 6.54 Å². The smallest absolute Gasteiger partial charge is 0.262 e. The molecule has 0 unspecified atom stereocenters. The lowest BCUT2D eigenvalue weighted by atomic mass is 10.0. The van der Waals surface area contributed by atoms with Crippen LogP contribution in [0.15, 0.2) is 24.3 Å². The van der Waals surface area contributed by atoms with E-state index in [0.29, 0.717) is 13.1 Å². The molecule has 2 atom stereocenters. The Morgan fingerprint density at radius 2 is 2.05 bits per heavy atom. The molecule has 2 heterocycles. The Hall–Kier alpha value is -0.710. The van der Waals surface area contributed by atoms with Gasteiger partial charge in [-0.1, -0.05) is 23.7 Å². The van der Waals surface area contributed by atoms with Gasteiger partial charge in [0.1, 0.15) is 0 Å². The number of nitrogens with one attached hydrogen (secondary N) is 1. The van der Waals surface area contributed by atoms with Crippen LogP contribution in [0, 0.1) is 0 Å². The summed E-state index contributed by atoms with van der Waals surface area (Å²) >= 11 is 5.85. The van der Waals surface area contributed by atoms with Gasteiger partial charge in [-0.2, -0.15) is 0 Å². The highest BCUT2D eigenvalue weighted by Crippen LogP contribution is 2.33. The summed E-state index contributed by atoms with van der Waals surface area (Å²) in [4.78, 5) is 1.93. The van der Waals surface area contributed by atoms with Gasteiger partial charge in [0.15, 0.2) is 0 Å². The van der Waals surface area contributed by atoms with Crippen molar-refractivity contribution in [2.75, 3.05) is 19.6 Å². The van der Waals surface area contributed by atoms with Gasteiger partial charge in [-0.3, -0.25) is 4.90 Å². The average Bonchev–Trinajstić information content (AvgIpc) is 2.65. The summed E-state index contributed by atoms with van der Waals surface area (Å²) in [5.41, 5.74) is 1.19. The summed E-state index contributed by atoms with van der Waals surface area (Å²) < 4.78 is 26.7. The van der Waals surface area contributed by atoms with Crippen molar-refractivity contribution in [1.29, 1.82) is 0 Å². The molecule has 2 fully saturated rings. The van der Waals surface area contributed by atoms with Gasteiger partial charge in [0.2, 0.25) is 0 Å². The third-order valence-electron chi connectivity index (χ3n) is 3.98. The molecule has 0 amide bonds. The maximum absolute atomic E-state index is 13.4. The zero-order valence-corrected chi connectivity index (χ0v) is 11.3. The summed E-state index contributed by atoms with van der Waals surface area (Å²) in [5.74, 6) is -2.51. The van der Waals surface area contributed by atoms with Crippen LogP contribution in [-0.4, -0.2) is 42.5 Å². The second-order valence-corrected chi connectivity index (χ2v) is 6.02. The maximum atomic E-state index is 13.4. The quantitative estimate of drug-likeness (QED) is 0.899. The van der Waals surface area contributed by atoms with Crippen molar-refractivity contribution in [1.82, 2.24) is 10.2 Å².